The van der Waals surface area contributed by atoms with Gasteiger partial charge in [-0.15, -0.1) is 5.10 Å². The van der Waals surface area contributed by atoms with Crippen molar-refractivity contribution in [2.75, 3.05) is 6.54 Å². The van der Waals surface area contributed by atoms with Gasteiger partial charge >= 0.3 is 0 Å². The number of likely N-dealkylation sites (tertiary alicyclic amines) is 1. The van der Waals surface area contributed by atoms with Crippen LogP contribution in [-0.2, 0) is 24.8 Å². The number of benzene rings is 1. The lowest BCUT2D eigenvalue weighted by Crippen LogP contribution is -2.52. The number of ketones is 1. The Morgan fingerprint density at radius 2 is 1.87 bits per heavy atom. The number of amides is 4. The first kappa shape index (κ1) is 33.5. The predicted molar refractivity (Wildman–Crippen MR) is 171 cm³/mol. The number of aliphatic imine (C=N–C) groups is 1. The van der Waals surface area contributed by atoms with Crippen molar-refractivity contribution in [2.24, 2.45) is 16.6 Å². The summed E-state index contributed by atoms with van der Waals surface area (Å²) in [6.07, 6.45) is 8.23. The van der Waals surface area contributed by atoms with Crippen molar-refractivity contribution >= 4 is 46.0 Å². The Kier molecular flexibility index (Phi) is 9.89. The minimum atomic E-state index is -1.32. The van der Waals surface area contributed by atoms with Crippen molar-refractivity contribution < 1.29 is 29.1 Å². The highest BCUT2D eigenvalue weighted by Gasteiger charge is 2.44. The Bertz CT molecular complexity index is 1720. The van der Waals surface area contributed by atoms with Gasteiger partial charge in [0.05, 0.1) is 29.5 Å². The first-order valence-corrected chi connectivity index (χ1v) is 15.9. The van der Waals surface area contributed by atoms with Gasteiger partial charge in [-0.2, -0.15) is 0 Å². The summed E-state index contributed by atoms with van der Waals surface area (Å²) in [6.45, 7) is 4.47. The van der Waals surface area contributed by atoms with E-state index in [1.165, 1.54) is 22.7 Å². The molecule has 47 heavy (non-hydrogen) atoms. The van der Waals surface area contributed by atoms with Crippen LogP contribution in [0.4, 0.5) is 0 Å². The molecule has 248 valence electrons. The molecule has 0 bridgehead atoms. The molecule has 0 radical (unpaired) electrons. The Balaban J connectivity index is 1.50. The molecule has 4 N–H and O–H groups in total. The average molecular weight is 645 g/mol. The number of nitrogens with two attached hydrogens (primary N) is 1. The van der Waals surface area contributed by atoms with E-state index in [0.717, 1.165) is 37.5 Å². The largest absolute Gasteiger partial charge is 0.384 e. The van der Waals surface area contributed by atoms with Crippen molar-refractivity contribution in [3.05, 3.63) is 54.0 Å². The molecule has 0 spiro atoms. The van der Waals surface area contributed by atoms with E-state index in [4.69, 9.17) is 5.73 Å². The highest BCUT2D eigenvalue weighted by molar-refractivity contribution is 6.41. The van der Waals surface area contributed by atoms with E-state index in [0.29, 0.717) is 11.2 Å². The molecule has 5 rings (SSSR count). The number of primary amides is 1. The molecule has 1 unspecified atom stereocenters. The summed E-state index contributed by atoms with van der Waals surface area (Å²) in [5.74, 6) is -3.93. The van der Waals surface area contributed by atoms with Gasteiger partial charge in [-0.25, -0.2) is 9.67 Å². The monoisotopic (exact) mass is 644 g/mol. The lowest BCUT2D eigenvalue weighted by molar-refractivity contribution is -0.139. The second-order valence-electron chi connectivity index (χ2n) is 12.9. The van der Waals surface area contributed by atoms with Crippen LogP contribution in [0, 0.1) is 5.92 Å². The molecule has 14 nitrogen and oxygen atoms in total. The molecule has 1 aliphatic carbocycles. The van der Waals surface area contributed by atoms with E-state index in [-0.39, 0.29) is 36.6 Å². The fourth-order valence-corrected chi connectivity index (χ4v) is 6.40. The molecular formula is C33H40N8O6. The van der Waals surface area contributed by atoms with Crippen LogP contribution >= 0.6 is 0 Å². The highest BCUT2D eigenvalue weighted by atomic mass is 16.3. The number of carbonyl (C=O) groups is 5. The van der Waals surface area contributed by atoms with E-state index in [1.807, 2.05) is 6.07 Å². The minimum Gasteiger partial charge on any atom is -0.384 e. The number of carbonyl (C=O) groups excluding carboxylic acids is 5. The maximum Gasteiger partial charge on any atom is 0.287 e. The minimum absolute atomic E-state index is 0.0146. The molecule has 3 heterocycles. The van der Waals surface area contributed by atoms with Gasteiger partial charge in [0.2, 0.25) is 11.7 Å². The zero-order chi connectivity index (χ0) is 33.9. The van der Waals surface area contributed by atoms with Gasteiger partial charge < -0.3 is 21.1 Å². The van der Waals surface area contributed by atoms with Crippen molar-refractivity contribution in [1.29, 1.82) is 0 Å². The molecule has 2 fully saturated rings. The quantitative estimate of drug-likeness (QED) is 0.218. The standard InChI is InChI=1S/C33H40N8O6/c1-19(28(42)29(34)43)37-31(45)26-16-23(41-27(17-36-39-41)33(2,3)47)18-40(26)32(46)25(14-20-8-5-4-6-9-20)38-30(44)22-12-11-21-10-7-13-35-24(21)15-22/h7,10-13,15,17,19-20,23,26,47H,4-6,8-9,14,16,18H2,1-3H3,(H2,34,43)(H,37,45)/b38-25+/t19?,23-,26-/m0/s1. The van der Waals surface area contributed by atoms with Crippen molar-refractivity contribution in [2.45, 2.75) is 89.4 Å². The third-order valence-corrected chi connectivity index (χ3v) is 8.93. The molecule has 1 aromatic carbocycles. The molecule has 3 aromatic rings. The number of aromatic nitrogens is 4. The van der Waals surface area contributed by atoms with Crippen LogP contribution in [0.15, 0.2) is 47.7 Å². The molecule has 1 aliphatic heterocycles. The van der Waals surface area contributed by atoms with Crippen LogP contribution < -0.4 is 11.1 Å². The smallest absolute Gasteiger partial charge is 0.287 e. The Hall–Kier alpha value is -4.85. The number of aliphatic hydroxyl groups is 1. The summed E-state index contributed by atoms with van der Waals surface area (Å²) in [4.78, 5) is 75.4. The second-order valence-corrected chi connectivity index (χ2v) is 12.9. The summed E-state index contributed by atoms with van der Waals surface area (Å²) in [6, 6.07) is 5.78. The number of hydrogen-bond acceptors (Lipinski definition) is 9. The highest BCUT2D eigenvalue weighted by Crippen LogP contribution is 2.33. The van der Waals surface area contributed by atoms with Crippen LogP contribution in [0.2, 0.25) is 0 Å². The predicted octanol–water partition coefficient (Wildman–Crippen LogP) is 2.01. The topological polar surface area (TPSA) is 203 Å². The Morgan fingerprint density at radius 1 is 1.13 bits per heavy atom. The van der Waals surface area contributed by atoms with E-state index in [2.05, 4.69) is 25.6 Å². The van der Waals surface area contributed by atoms with Gasteiger partial charge in [-0.05, 0) is 51.3 Å². The van der Waals surface area contributed by atoms with Gasteiger partial charge in [0.15, 0.2) is 0 Å². The number of fused-ring (bicyclic) bond motifs is 1. The van der Waals surface area contributed by atoms with Gasteiger partial charge in [0, 0.05) is 30.1 Å². The van der Waals surface area contributed by atoms with E-state index >= 15 is 0 Å². The summed E-state index contributed by atoms with van der Waals surface area (Å²) in [5.41, 5.74) is 5.11. The molecular weight excluding hydrogens is 604 g/mol. The summed E-state index contributed by atoms with van der Waals surface area (Å²) < 4.78 is 1.48. The average Bonchev–Trinajstić information content (AvgIpc) is 3.72. The molecule has 3 atom stereocenters. The summed E-state index contributed by atoms with van der Waals surface area (Å²) >= 11 is 0. The fraction of sp³-hybridized carbons (Fsp3) is 0.485. The molecule has 2 aliphatic rings. The number of nitrogens with one attached hydrogen (secondary N) is 1. The zero-order valence-electron chi connectivity index (χ0n) is 26.8. The van der Waals surface area contributed by atoms with Crippen LogP contribution in [0.1, 0.15) is 87.8 Å². The molecule has 1 saturated carbocycles. The number of nitrogens with zero attached hydrogens (tertiary/aromatic N) is 6. The number of hydrogen-bond donors (Lipinski definition) is 3. The lowest BCUT2D eigenvalue weighted by Gasteiger charge is -2.27. The summed E-state index contributed by atoms with van der Waals surface area (Å²) in [7, 11) is 0. The number of Topliss-reactive ketones (excluding diaryl/α,β-unsaturated/α-hetero) is 1. The summed E-state index contributed by atoms with van der Waals surface area (Å²) in [5, 5.41) is 22.2. The molecule has 2 aromatic heterocycles. The van der Waals surface area contributed by atoms with Crippen LogP contribution in [0.5, 0.6) is 0 Å². The van der Waals surface area contributed by atoms with Crippen LogP contribution in [0.3, 0.4) is 0 Å². The Labute approximate surface area is 271 Å². The van der Waals surface area contributed by atoms with Crippen molar-refractivity contribution in [3.63, 3.8) is 0 Å². The van der Waals surface area contributed by atoms with E-state index in [9.17, 15) is 29.1 Å². The normalized spacial score (nSPS) is 19.8. The first-order chi connectivity index (χ1) is 22.3. The third kappa shape index (κ3) is 7.59. The Morgan fingerprint density at radius 3 is 2.57 bits per heavy atom. The van der Waals surface area contributed by atoms with Crippen molar-refractivity contribution in [3.8, 4) is 0 Å². The number of rotatable bonds is 10. The van der Waals surface area contributed by atoms with Crippen LogP contribution in [-0.4, -0.2) is 83.7 Å². The first-order valence-electron chi connectivity index (χ1n) is 15.9. The van der Waals surface area contributed by atoms with Gasteiger partial charge in [0.25, 0.3) is 17.7 Å². The van der Waals surface area contributed by atoms with E-state index < -0.39 is 53.1 Å². The molecule has 1 saturated heterocycles. The maximum atomic E-state index is 14.5. The zero-order valence-corrected chi connectivity index (χ0v) is 26.8. The van der Waals surface area contributed by atoms with Crippen LogP contribution in [0.25, 0.3) is 10.9 Å². The molecule has 14 heteroatoms. The van der Waals surface area contributed by atoms with E-state index in [1.54, 1.807) is 44.3 Å². The second kappa shape index (κ2) is 13.9. The van der Waals surface area contributed by atoms with Gasteiger partial charge in [0.1, 0.15) is 17.4 Å². The SMILES string of the molecule is CC(NC(=O)[C@@H]1C[C@H](n2nncc2C(C)(C)O)CN1C(=O)/C(CC1CCCCC1)=N/C(=O)c1ccc2cccnc2c1)C(=O)C(N)=O. The van der Waals surface area contributed by atoms with Gasteiger partial charge in [-0.1, -0.05) is 49.5 Å². The lowest BCUT2D eigenvalue weighted by atomic mass is 9.85. The third-order valence-electron chi connectivity index (χ3n) is 8.93. The molecule has 4 amide bonds. The van der Waals surface area contributed by atoms with Crippen molar-refractivity contribution in [1.82, 2.24) is 30.2 Å². The number of pyridine rings is 1. The maximum absolute atomic E-state index is 14.5. The van der Waals surface area contributed by atoms with Gasteiger partial charge in [-0.3, -0.25) is 29.0 Å². The fourth-order valence-electron chi connectivity index (χ4n) is 6.40.